The number of esters is 1. The molecule has 3 aromatic rings. The van der Waals surface area contributed by atoms with Crippen molar-refractivity contribution in [2.75, 3.05) is 6.61 Å². The lowest BCUT2D eigenvalue weighted by Crippen LogP contribution is -2.56. The van der Waals surface area contributed by atoms with Gasteiger partial charge in [-0.25, -0.2) is 4.79 Å². The number of benzene rings is 3. The van der Waals surface area contributed by atoms with Crippen LogP contribution in [0.1, 0.15) is 38.7 Å². The van der Waals surface area contributed by atoms with Crippen LogP contribution in [0.3, 0.4) is 0 Å². The topological polar surface area (TPSA) is 194 Å². The summed E-state index contributed by atoms with van der Waals surface area (Å²) < 4.78 is 11.4. The molecule has 2 aliphatic rings. The third-order valence-corrected chi connectivity index (χ3v) is 7.30. The molecule has 11 nitrogen and oxygen atoms in total. The number of aliphatic hydroxyl groups excluding tert-OH is 3. The van der Waals surface area contributed by atoms with E-state index >= 15 is 0 Å². The smallest absolute Gasteiger partial charge is 0.331 e. The van der Waals surface area contributed by atoms with Crippen molar-refractivity contribution >= 4 is 23.4 Å². The van der Waals surface area contributed by atoms with E-state index < -0.39 is 60.4 Å². The minimum atomic E-state index is -1.78. The lowest BCUT2D eigenvalue weighted by molar-refractivity contribution is -0.239. The lowest BCUT2D eigenvalue weighted by Gasteiger charge is -2.42. The predicted octanol–water partition coefficient (Wildman–Crippen LogP) is 2.11. The molecule has 218 valence electrons. The molecule has 3 aromatic carbocycles. The minimum absolute atomic E-state index is 0.00708. The molecule has 42 heavy (non-hydrogen) atoms. The summed E-state index contributed by atoms with van der Waals surface area (Å²) in [6, 6.07) is 12.9. The second kappa shape index (κ2) is 11.7. The fraction of sp³-hybridized carbons (Fsp3) is 0.226. The highest BCUT2D eigenvalue weighted by molar-refractivity contribution is 6.14. The van der Waals surface area contributed by atoms with Crippen LogP contribution in [0.25, 0.3) is 11.6 Å². The van der Waals surface area contributed by atoms with Gasteiger partial charge in [0.2, 0.25) is 0 Å². The molecule has 0 aromatic heterocycles. The summed E-state index contributed by atoms with van der Waals surface area (Å²) in [5.74, 6) is -2.51. The van der Waals surface area contributed by atoms with Crippen LogP contribution in [0.15, 0.2) is 66.7 Å². The maximum absolute atomic E-state index is 13.2. The quantitative estimate of drug-likeness (QED) is 0.168. The Morgan fingerprint density at radius 3 is 2.21 bits per heavy atom. The van der Waals surface area contributed by atoms with Crippen molar-refractivity contribution in [1.82, 2.24) is 0 Å². The lowest BCUT2D eigenvalue weighted by atomic mass is 9.80. The van der Waals surface area contributed by atoms with Gasteiger partial charge in [-0.15, -0.1) is 0 Å². The Bertz CT molecular complexity index is 1560. The Morgan fingerprint density at radius 1 is 0.929 bits per heavy atom. The molecule has 11 heteroatoms. The van der Waals surface area contributed by atoms with E-state index in [2.05, 4.69) is 0 Å². The zero-order valence-corrected chi connectivity index (χ0v) is 22.0. The number of aliphatic hydroxyl groups is 3. The second-order valence-electron chi connectivity index (χ2n) is 10.0. The molecule has 1 heterocycles. The van der Waals surface area contributed by atoms with Crippen LogP contribution in [0.2, 0.25) is 0 Å². The number of ether oxygens (including phenoxy) is 2. The Kier molecular flexibility index (Phi) is 8.01. The first kappa shape index (κ1) is 28.8. The predicted molar refractivity (Wildman–Crippen MR) is 148 cm³/mol. The van der Waals surface area contributed by atoms with Gasteiger partial charge in [0.25, 0.3) is 0 Å². The summed E-state index contributed by atoms with van der Waals surface area (Å²) in [4.78, 5) is 26.0. The van der Waals surface area contributed by atoms with Gasteiger partial charge >= 0.3 is 5.97 Å². The average Bonchev–Trinajstić information content (AvgIpc) is 2.96. The van der Waals surface area contributed by atoms with Gasteiger partial charge in [0.1, 0.15) is 47.4 Å². The number of fused-ring (bicyclic) bond motifs is 1. The molecule has 1 fully saturated rings. The summed E-state index contributed by atoms with van der Waals surface area (Å²) in [6.45, 7) is -0.727. The van der Waals surface area contributed by atoms with Crippen molar-refractivity contribution in [3.63, 3.8) is 0 Å². The first-order chi connectivity index (χ1) is 20.1. The summed E-state index contributed by atoms with van der Waals surface area (Å²) in [6.07, 6.45) is -4.12. The second-order valence-corrected chi connectivity index (χ2v) is 10.0. The Hall–Kier alpha value is -4.68. The number of phenolic OH excluding ortho intramolecular Hbond substituents is 4. The summed E-state index contributed by atoms with van der Waals surface area (Å²) >= 11 is 0. The van der Waals surface area contributed by atoms with Gasteiger partial charge in [-0.3, -0.25) is 4.79 Å². The van der Waals surface area contributed by atoms with Gasteiger partial charge in [-0.05, 0) is 65.1 Å². The highest BCUT2D eigenvalue weighted by Crippen LogP contribution is 2.46. The number of phenols is 4. The van der Waals surface area contributed by atoms with Crippen molar-refractivity contribution in [3.05, 3.63) is 94.6 Å². The van der Waals surface area contributed by atoms with E-state index in [-0.39, 0.29) is 34.6 Å². The Labute approximate surface area is 239 Å². The highest BCUT2D eigenvalue weighted by Gasteiger charge is 2.49. The summed E-state index contributed by atoms with van der Waals surface area (Å²) in [5.41, 5.74) is 1.54. The number of carbonyl (C=O) groups is 2. The van der Waals surface area contributed by atoms with Gasteiger partial charge in [0.05, 0.1) is 12.2 Å². The van der Waals surface area contributed by atoms with Gasteiger partial charge in [-0.2, -0.15) is 0 Å². The van der Waals surface area contributed by atoms with Gasteiger partial charge in [0.15, 0.2) is 11.9 Å². The molecule has 0 unspecified atom stereocenters. The van der Waals surface area contributed by atoms with Gasteiger partial charge in [0, 0.05) is 17.7 Å². The number of rotatable bonds is 6. The van der Waals surface area contributed by atoms with Gasteiger partial charge < -0.3 is 45.2 Å². The fourth-order valence-corrected chi connectivity index (χ4v) is 5.21. The largest absolute Gasteiger partial charge is 0.508 e. The van der Waals surface area contributed by atoms with Crippen LogP contribution in [-0.4, -0.2) is 78.5 Å². The molecule has 1 aliphatic carbocycles. The monoisotopic (exact) mass is 576 g/mol. The van der Waals surface area contributed by atoms with Crippen molar-refractivity contribution < 1.29 is 54.8 Å². The molecule has 0 saturated carbocycles. The van der Waals surface area contributed by atoms with Crippen LogP contribution in [0.5, 0.6) is 23.0 Å². The molecule has 5 rings (SSSR count). The third-order valence-electron chi connectivity index (χ3n) is 7.30. The number of ketones is 1. The van der Waals surface area contributed by atoms with E-state index in [1.807, 2.05) is 0 Å². The maximum Gasteiger partial charge on any atom is 0.331 e. The summed E-state index contributed by atoms with van der Waals surface area (Å²) in [5, 5.41) is 72.1. The molecule has 1 saturated heterocycles. The van der Waals surface area contributed by atoms with E-state index in [1.165, 1.54) is 36.4 Å². The molecule has 1 aliphatic heterocycles. The standard InChI is InChI=1S/C31H28O11/c32-14-24-28(39)29(40)31(42-25(38)10-3-15-1-6-18(33)7-2-15)30(41-24)27-20-11-17(16-4-8-19(34)9-5-16)12-21(35)26(20)22(36)13-23(27)37/h1-10,12-13,24,28-34,36-37,39-40H,11,14H2/t24-,28-,29+,30+,31+/m1/s1. The number of allylic oxidation sites excluding steroid dienone is 2. The van der Waals surface area contributed by atoms with E-state index in [0.29, 0.717) is 16.7 Å². The van der Waals surface area contributed by atoms with Crippen molar-refractivity contribution in [2.24, 2.45) is 0 Å². The number of aromatic hydroxyl groups is 4. The Balaban J connectivity index is 1.54. The first-order valence-corrected chi connectivity index (χ1v) is 13.0. The van der Waals surface area contributed by atoms with Gasteiger partial charge in [-0.1, -0.05) is 24.3 Å². The molecule has 0 bridgehead atoms. The minimum Gasteiger partial charge on any atom is -0.508 e. The SMILES string of the molecule is O=C(C=Cc1ccc(O)cc1)O[C@H]1[C@@H](O)[C@H](O)[C@@H](CO)O[C@H]1c1c(O)cc(O)c2c1CC(c1ccc(O)cc1)=CC2=O. The van der Waals surface area contributed by atoms with Crippen LogP contribution < -0.4 is 0 Å². The van der Waals surface area contributed by atoms with Crippen LogP contribution in [0.4, 0.5) is 0 Å². The molecule has 5 atom stereocenters. The average molecular weight is 577 g/mol. The van der Waals surface area contributed by atoms with E-state index in [0.717, 1.165) is 12.1 Å². The van der Waals surface area contributed by atoms with Crippen molar-refractivity contribution in [2.45, 2.75) is 36.9 Å². The van der Waals surface area contributed by atoms with E-state index in [9.17, 15) is 45.3 Å². The number of carbonyl (C=O) groups excluding carboxylic acids is 2. The number of hydrogen-bond acceptors (Lipinski definition) is 11. The number of hydrogen-bond donors (Lipinski definition) is 7. The van der Waals surface area contributed by atoms with E-state index in [4.69, 9.17) is 9.47 Å². The third kappa shape index (κ3) is 5.58. The highest BCUT2D eigenvalue weighted by atomic mass is 16.6. The molecule has 0 amide bonds. The van der Waals surface area contributed by atoms with E-state index in [1.54, 1.807) is 24.3 Å². The molecular weight excluding hydrogens is 548 g/mol. The normalized spacial score (nSPS) is 23.8. The molecular formula is C31H28O11. The summed E-state index contributed by atoms with van der Waals surface area (Å²) in [7, 11) is 0. The molecule has 7 N–H and O–H groups in total. The molecule has 0 radical (unpaired) electrons. The van der Waals surface area contributed by atoms with Crippen molar-refractivity contribution in [3.8, 4) is 23.0 Å². The van der Waals surface area contributed by atoms with Crippen LogP contribution in [-0.2, 0) is 20.7 Å². The Morgan fingerprint density at radius 2 is 1.57 bits per heavy atom. The van der Waals surface area contributed by atoms with Crippen molar-refractivity contribution in [1.29, 1.82) is 0 Å². The fourth-order valence-electron chi connectivity index (χ4n) is 5.21. The van der Waals surface area contributed by atoms with Crippen LogP contribution in [0, 0.1) is 0 Å². The first-order valence-electron chi connectivity index (χ1n) is 13.0. The zero-order valence-electron chi connectivity index (χ0n) is 22.0. The zero-order chi connectivity index (χ0) is 30.1. The maximum atomic E-state index is 13.2. The molecule has 0 spiro atoms. The van der Waals surface area contributed by atoms with Crippen LogP contribution >= 0.6 is 0 Å².